The van der Waals surface area contributed by atoms with Crippen LogP contribution in [0.3, 0.4) is 0 Å². The second-order valence-corrected chi connectivity index (χ2v) is 9.01. The van der Waals surface area contributed by atoms with Crippen LogP contribution in [0.25, 0.3) is 0 Å². The second-order valence-electron chi connectivity index (χ2n) is 7.30. The summed E-state index contributed by atoms with van der Waals surface area (Å²) in [6.07, 6.45) is 0. The largest absolute Gasteiger partial charge is 0.460 e. The SMILES string of the molecule is Cc1ccc(C(COC(=O)c2ccc([N+](=O)[O-])cc2)NS(=O)(=O)c2ccc(C)cc2)cc1. The molecule has 1 unspecified atom stereocenters. The average Bonchev–Trinajstić information content (AvgIpc) is 2.77. The Kier molecular flexibility index (Phi) is 7.01. The van der Waals surface area contributed by atoms with E-state index in [4.69, 9.17) is 4.74 Å². The van der Waals surface area contributed by atoms with Gasteiger partial charge in [-0.25, -0.2) is 17.9 Å². The Morgan fingerprint density at radius 1 is 0.938 bits per heavy atom. The molecule has 0 heterocycles. The second kappa shape index (κ2) is 9.71. The number of hydrogen-bond acceptors (Lipinski definition) is 6. The van der Waals surface area contributed by atoms with Crippen LogP contribution in [0.2, 0.25) is 0 Å². The van der Waals surface area contributed by atoms with E-state index in [1.165, 1.54) is 36.4 Å². The molecule has 9 heteroatoms. The van der Waals surface area contributed by atoms with Crippen molar-refractivity contribution in [1.29, 1.82) is 0 Å². The van der Waals surface area contributed by atoms with Crippen molar-refractivity contribution in [2.24, 2.45) is 0 Å². The number of nitrogens with zero attached hydrogens (tertiary/aromatic N) is 1. The lowest BCUT2D eigenvalue weighted by Crippen LogP contribution is -2.32. The lowest BCUT2D eigenvalue weighted by Gasteiger charge is -2.20. The van der Waals surface area contributed by atoms with E-state index in [0.29, 0.717) is 5.56 Å². The number of benzene rings is 3. The van der Waals surface area contributed by atoms with Crippen molar-refractivity contribution in [3.63, 3.8) is 0 Å². The third kappa shape index (κ3) is 5.77. The summed E-state index contributed by atoms with van der Waals surface area (Å²) in [7, 11) is -3.88. The number of nitro benzene ring substituents is 1. The van der Waals surface area contributed by atoms with Crippen molar-refractivity contribution in [2.75, 3.05) is 6.61 Å². The zero-order valence-electron chi connectivity index (χ0n) is 17.5. The molecule has 1 atom stereocenters. The summed E-state index contributed by atoms with van der Waals surface area (Å²) in [5, 5.41) is 10.8. The van der Waals surface area contributed by atoms with E-state index in [2.05, 4.69) is 4.72 Å². The van der Waals surface area contributed by atoms with Crippen LogP contribution in [0, 0.1) is 24.0 Å². The van der Waals surface area contributed by atoms with Crippen LogP contribution in [-0.4, -0.2) is 25.9 Å². The zero-order chi connectivity index (χ0) is 23.3. The molecule has 0 fully saturated rings. The molecule has 0 aliphatic heterocycles. The third-order valence-electron chi connectivity index (χ3n) is 4.80. The molecule has 0 saturated carbocycles. The molecule has 3 aromatic rings. The molecule has 1 N–H and O–H groups in total. The Morgan fingerprint density at radius 3 is 2.00 bits per heavy atom. The van der Waals surface area contributed by atoms with Gasteiger partial charge in [0.2, 0.25) is 10.0 Å². The summed E-state index contributed by atoms with van der Waals surface area (Å²) >= 11 is 0. The Labute approximate surface area is 186 Å². The molecule has 0 spiro atoms. The minimum atomic E-state index is -3.88. The summed E-state index contributed by atoms with van der Waals surface area (Å²) in [6, 6.07) is 17.8. The van der Waals surface area contributed by atoms with Gasteiger partial charge in [-0.3, -0.25) is 10.1 Å². The number of ether oxygens (including phenoxy) is 1. The molecule has 0 bridgehead atoms. The normalized spacial score (nSPS) is 12.2. The molecule has 0 radical (unpaired) electrons. The fourth-order valence-corrected chi connectivity index (χ4v) is 4.14. The summed E-state index contributed by atoms with van der Waals surface area (Å²) in [6.45, 7) is 3.50. The highest BCUT2D eigenvalue weighted by molar-refractivity contribution is 7.89. The maximum absolute atomic E-state index is 12.9. The number of nitro groups is 1. The lowest BCUT2D eigenvalue weighted by molar-refractivity contribution is -0.384. The number of rotatable bonds is 8. The molecule has 0 saturated heterocycles. The van der Waals surface area contributed by atoms with Gasteiger partial charge in [-0.1, -0.05) is 47.5 Å². The van der Waals surface area contributed by atoms with E-state index < -0.39 is 27.0 Å². The highest BCUT2D eigenvalue weighted by Crippen LogP contribution is 2.20. The monoisotopic (exact) mass is 454 g/mol. The molecule has 3 rings (SSSR count). The van der Waals surface area contributed by atoms with Crippen molar-refractivity contribution in [3.8, 4) is 0 Å². The van der Waals surface area contributed by atoms with Crippen LogP contribution in [0.15, 0.2) is 77.7 Å². The molecular formula is C23H22N2O6S. The van der Waals surface area contributed by atoms with Crippen molar-refractivity contribution in [3.05, 3.63) is 105 Å². The molecule has 32 heavy (non-hydrogen) atoms. The van der Waals surface area contributed by atoms with Crippen molar-refractivity contribution in [2.45, 2.75) is 24.8 Å². The number of carbonyl (C=O) groups is 1. The number of hydrogen-bond donors (Lipinski definition) is 1. The molecule has 166 valence electrons. The van der Waals surface area contributed by atoms with Crippen LogP contribution < -0.4 is 4.72 Å². The maximum atomic E-state index is 12.9. The van der Waals surface area contributed by atoms with Gasteiger partial charge in [-0.15, -0.1) is 0 Å². The van der Waals surface area contributed by atoms with Gasteiger partial charge in [-0.2, -0.15) is 0 Å². The number of aryl methyl sites for hydroxylation is 2. The fourth-order valence-electron chi connectivity index (χ4n) is 2.93. The van der Waals surface area contributed by atoms with Gasteiger partial charge in [0.15, 0.2) is 0 Å². The summed E-state index contributed by atoms with van der Waals surface area (Å²) in [4.78, 5) is 22.7. The first-order valence-corrected chi connectivity index (χ1v) is 11.2. The quantitative estimate of drug-likeness (QED) is 0.311. The first-order chi connectivity index (χ1) is 15.2. The molecule has 0 aromatic heterocycles. The smallest absolute Gasteiger partial charge is 0.338 e. The number of nitrogens with one attached hydrogen (secondary N) is 1. The van der Waals surface area contributed by atoms with E-state index in [9.17, 15) is 23.3 Å². The van der Waals surface area contributed by atoms with Crippen molar-refractivity contribution < 1.29 is 22.9 Å². The Hall–Kier alpha value is -3.56. The Morgan fingerprint density at radius 2 is 1.47 bits per heavy atom. The first-order valence-electron chi connectivity index (χ1n) is 9.73. The molecular weight excluding hydrogens is 432 g/mol. The van der Waals surface area contributed by atoms with E-state index in [0.717, 1.165) is 11.1 Å². The number of sulfonamides is 1. The maximum Gasteiger partial charge on any atom is 0.338 e. The highest BCUT2D eigenvalue weighted by atomic mass is 32.2. The van der Waals surface area contributed by atoms with E-state index in [-0.39, 0.29) is 22.8 Å². The minimum Gasteiger partial charge on any atom is -0.460 e. The summed E-state index contributed by atoms with van der Waals surface area (Å²) < 4.78 is 33.7. The summed E-state index contributed by atoms with van der Waals surface area (Å²) in [5.74, 6) is -0.716. The van der Waals surface area contributed by atoms with Gasteiger partial charge in [0.05, 0.1) is 21.4 Å². The molecule has 8 nitrogen and oxygen atoms in total. The van der Waals surface area contributed by atoms with Crippen LogP contribution in [0.5, 0.6) is 0 Å². The van der Waals surface area contributed by atoms with Crippen LogP contribution in [0.1, 0.15) is 33.1 Å². The summed E-state index contributed by atoms with van der Waals surface area (Å²) in [5.41, 5.74) is 2.53. The van der Waals surface area contributed by atoms with Gasteiger partial charge in [0.1, 0.15) is 6.61 Å². The highest BCUT2D eigenvalue weighted by Gasteiger charge is 2.23. The van der Waals surface area contributed by atoms with Gasteiger partial charge in [0, 0.05) is 12.1 Å². The topological polar surface area (TPSA) is 116 Å². The van der Waals surface area contributed by atoms with Crippen LogP contribution in [-0.2, 0) is 14.8 Å². The third-order valence-corrected chi connectivity index (χ3v) is 6.29. The predicted molar refractivity (Wildman–Crippen MR) is 119 cm³/mol. The Balaban J connectivity index is 1.80. The lowest BCUT2D eigenvalue weighted by atomic mass is 10.1. The van der Waals surface area contributed by atoms with Crippen molar-refractivity contribution >= 4 is 21.7 Å². The first kappa shape index (κ1) is 23.1. The number of carbonyl (C=O) groups excluding carboxylic acids is 1. The van der Waals surface area contributed by atoms with Crippen LogP contribution in [0.4, 0.5) is 5.69 Å². The Bertz CT molecular complexity index is 1200. The van der Waals surface area contributed by atoms with Crippen LogP contribution >= 0.6 is 0 Å². The zero-order valence-corrected chi connectivity index (χ0v) is 18.3. The number of esters is 1. The molecule has 0 aliphatic rings. The van der Waals surface area contributed by atoms with E-state index in [1.807, 2.05) is 26.0 Å². The van der Waals surface area contributed by atoms with Gasteiger partial charge in [0.25, 0.3) is 5.69 Å². The number of non-ortho nitro benzene ring substituents is 1. The van der Waals surface area contributed by atoms with Crippen molar-refractivity contribution in [1.82, 2.24) is 4.72 Å². The van der Waals surface area contributed by atoms with E-state index >= 15 is 0 Å². The van der Waals surface area contributed by atoms with Gasteiger partial charge >= 0.3 is 5.97 Å². The molecule has 3 aromatic carbocycles. The standard InChI is InChI=1S/C23H22N2O6S/c1-16-3-7-18(8-4-16)22(24-32(29,30)21-13-5-17(2)6-14-21)15-31-23(26)19-9-11-20(12-10-19)25(27)28/h3-14,22,24H,15H2,1-2H3. The fraction of sp³-hybridized carbons (Fsp3) is 0.174. The molecule has 0 amide bonds. The minimum absolute atomic E-state index is 0.0990. The van der Waals surface area contributed by atoms with E-state index in [1.54, 1.807) is 24.3 Å². The van der Waals surface area contributed by atoms with Gasteiger partial charge < -0.3 is 4.74 Å². The predicted octanol–water partition coefficient (Wildman–Crippen LogP) is 4.09. The average molecular weight is 455 g/mol. The molecule has 0 aliphatic carbocycles. The van der Waals surface area contributed by atoms with Gasteiger partial charge in [-0.05, 0) is 43.7 Å².